The lowest BCUT2D eigenvalue weighted by molar-refractivity contribution is -0.148. The van der Waals surface area contributed by atoms with Gasteiger partial charge in [0, 0.05) is 6.54 Å². The molecule has 1 saturated heterocycles. The van der Waals surface area contributed by atoms with E-state index in [-0.39, 0.29) is 36.6 Å². The summed E-state index contributed by atoms with van der Waals surface area (Å²) >= 11 is 0. The summed E-state index contributed by atoms with van der Waals surface area (Å²) in [6.45, 7) is -0.878. The summed E-state index contributed by atoms with van der Waals surface area (Å²) < 4.78 is 31.7. The molecule has 0 bridgehead atoms. The van der Waals surface area contributed by atoms with E-state index >= 15 is 0 Å². The maximum atomic E-state index is 13.5. The second-order valence-corrected chi connectivity index (χ2v) is 6.54. The zero-order valence-electron chi connectivity index (χ0n) is 14.8. The maximum absolute atomic E-state index is 13.5. The topological polar surface area (TPSA) is 92.8 Å². The summed E-state index contributed by atoms with van der Waals surface area (Å²) in [5.74, 6) is -5.01. The fourth-order valence-electron chi connectivity index (χ4n) is 3.30. The molecule has 0 radical (unpaired) electrons. The van der Waals surface area contributed by atoms with Crippen LogP contribution in [0, 0.1) is 23.5 Å². The highest BCUT2D eigenvalue weighted by Gasteiger charge is 2.46. The first kappa shape index (κ1) is 19.7. The van der Waals surface area contributed by atoms with Crippen molar-refractivity contribution in [2.45, 2.75) is 19.3 Å². The quantitative estimate of drug-likeness (QED) is 0.453. The molecule has 3 rings (SSSR count). The number of hydrogen-bond acceptors (Lipinski definition) is 5. The number of benzene rings is 1. The summed E-state index contributed by atoms with van der Waals surface area (Å²) in [5, 5.41) is 1.99. The van der Waals surface area contributed by atoms with Crippen molar-refractivity contribution < 1.29 is 32.7 Å². The predicted octanol–water partition coefficient (Wildman–Crippen LogP) is 1.79. The summed E-state index contributed by atoms with van der Waals surface area (Å²) in [6, 6.07) is 3.09. The van der Waals surface area contributed by atoms with E-state index in [1.807, 2.05) is 17.5 Å². The zero-order chi connectivity index (χ0) is 20.3. The van der Waals surface area contributed by atoms with Crippen LogP contribution in [0.4, 0.5) is 14.5 Å². The molecule has 1 aromatic rings. The molecule has 1 N–H and O–H groups in total. The molecule has 0 saturated carbocycles. The Morgan fingerprint density at radius 1 is 1.07 bits per heavy atom. The van der Waals surface area contributed by atoms with Gasteiger partial charge >= 0.3 is 5.97 Å². The van der Waals surface area contributed by atoms with E-state index in [1.165, 1.54) is 0 Å². The number of fused-ring (bicyclic) bond motifs is 1. The Morgan fingerprint density at radius 2 is 1.64 bits per heavy atom. The molecule has 1 aromatic carbocycles. The van der Waals surface area contributed by atoms with E-state index in [2.05, 4.69) is 0 Å². The van der Waals surface area contributed by atoms with Crippen LogP contribution in [-0.2, 0) is 23.9 Å². The van der Waals surface area contributed by atoms with Crippen molar-refractivity contribution in [3.05, 3.63) is 42.0 Å². The van der Waals surface area contributed by atoms with Crippen LogP contribution in [0.2, 0.25) is 0 Å². The molecular weight excluding hydrogens is 374 g/mol. The molecule has 1 aliphatic carbocycles. The van der Waals surface area contributed by atoms with Gasteiger partial charge in [0.05, 0.1) is 18.3 Å². The number of esters is 1. The number of hydrogen-bond donors (Lipinski definition) is 1. The van der Waals surface area contributed by atoms with Crippen LogP contribution in [0.3, 0.4) is 0 Å². The molecule has 148 valence electrons. The second-order valence-electron chi connectivity index (χ2n) is 6.54. The molecule has 2 atom stereocenters. The monoisotopic (exact) mass is 392 g/mol. The Labute approximate surface area is 159 Å². The van der Waals surface area contributed by atoms with Gasteiger partial charge in [-0.25, -0.2) is 8.78 Å². The number of rotatable bonds is 6. The smallest absolute Gasteiger partial charge is 0.308 e. The molecule has 2 aliphatic rings. The highest BCUT2D eigenvalue weighted by molar-refractivity contribution is 6.05. The van der Waals surface area contributed by atoms with Crippen LogP contribution in [0.5, 0.6) is 0 Å². The highest BCUT2D eigenvalue weighted by Crippen LogP contribution is 2.35. The van der Waals surface area contributed by atoms with Gasteiger partial charge in [0.15, 0.2) is 6.61 Å². The van der Waals surface area contributed by atoms with E-state index in [9.17, 15) is 28.0 Å². The van der Waals surface area contributed by atoms with Crippen LogP contribution < -0.4 is 5.32 Å². The lowest BCUT2D eigenvalue weighted by Gasteiger charge is -2.14. The molecule has 1 aliphatic heterocycles. The highest BCUT2D eigenvalue weighted by atomic mass is 19.1. The van der Waals surface area contributed by atoms with Crippen LogP contribution >= 0.6 is 0 Å². The Hall–Kier alpha value is -3.10. The van der Waals surface area contributed by atoms with E-state index in [4.69, 9.17) is 4.74 Å². The number of likely N-dealkylation sites (tertiary alicyclic amines) is 1. The third-order valence-corrected chi connectivity index (χ3v) is 4.73. The fourth-order valence-corrected chi connectivity index (χ4v) is 3.30. The van der Waals surface area contributed by atoms with E-state index in [0.717, 1.165) is 23.1 Å². The van der Waals surface area contributed by atoms with Crippen molar-refractivity contribution in [1.29, 1.82) is 0 Å². The standard InChI is InChI=1S/C19H18F2N2O5/c20-13-6-3-7-14(21)17(13)22-15(24)10-28-16(25)8-9-23-18(26)11-4-1-2-5-12(11)19(23)27/h1-3,6-7,11-12H,4-5,8-10H2,(H,22,24)/t11-,12-/m1/s1. The second kappa shape index (κ2) is 8.28. The predicted molar refractivity (Wildman–Crippen MR) is 92.6 cm³/mol. The van der Waals surface area contributed by atoms with Gasteiger partial charge in [-0.3, -0.25) is 24.1 Å². The largest absolute Gasteiger partial charge is 0.456 e. The number of anilines is 1. The van der Waals surface area contributed by atoms with E-state index in [1.54, 1.807) is 0 Å². The number of carbonyl (C=O) groups is 4. The number of halogens is 2. The molecule has 0 aromatic heterocycles. The van der Waals surface area contributed by atoms with Gasteiger partial charge in [-0.05, 0) is 25.0 Å². The van der Waals surface area contributed by atoms with Gasteiger partial charge in [-0.15, -0.1) is 0 Å². The normalized spacial score (nSPS) is 20.9. The number of amides is 3. The van der Waals surface area contributed by atoms with Crippen LogP contribution in [-0.4, -0.2) is 41.7 Å². The lowest BCUT2D eigenvalue weighted by Crippen LogP contribution is -2.33. The molecule has 1 fully saturated rings. The third-order valence-electron chi connectivity index (χ3n) is 4.73. The SMILES string of the molecule is O=C(COC(=O)CCN1C(=O)[C@@H]2CC=CC[C@H]2C1=O)Nc1c(F)cccc1F. The van der Waals surface area contributed by atoms with Crippen molar-refractivity contribution in [3.8, 4) is 0 Å². The first-order chi connectivity index (χ1) is 13.4. The Morgan fingerprint density at radius 3 is 2.21 bits per heavy atom. The minimum atomic E-state index is -0.957. The van der Waals surface area contributed by atoms with Crippen molar-refractivity contribution >= 4 is 29.4 Å². The lowest BCUT2D eigenvalue weighted by atomic mass is 9.85. The first-order valence-electron chi connectivity index (χ1n) is 8.78. The Balaban J connectivity index is 1.45. The van der Waals surface area contributed by atoms with E-state index in [0.29, 0.717) is 12.8 Å². The number of nitrogens with zero attached hydrogens (tertiary/aromatic N) is 1. The first-order valence-corrected chi connectivity index (χ1v) is 8.78. The van der Waals surface area contributed by atoms with Crippen LogP contribution in [0.15, 0.2) is 30.4 Å². The minimum absolute atomic E-state index is 0.132. The Bertz CT molecular complexity index is 808. The molecular formula is C19H18F2N2O5. The van der Waals surface area contributed by atoms with Gasteiger partial charge in [-0.1, -0.05) is 18.2 Å². The van der Waals surface area contributed by atoms with Crippen molar-refractivity contribution in [2.24, 2.45) is 11.8 Å². The molecule has 3 amide bonds. The average Bonchev–Trinajstić information content (AvgIpc) is 2.92. The van der Waals surface area contributed by atoms with E-state index < -0.39 is 35.8 Å². The Kier molecular flexibility index (Phi) is 5.81. The number of para-hydroxylation sites is 1. The summed E-state index contributed by atoms with van der Waals surface area (Å²) in [4.78, 5) is 49.1. The molecule has 28 heavy (non-hydrogen) atoms. The van der Waals surface area contributed by atoms with Gasteiger partial charge in [0.2, 0.25) is 11.8 Å². The molecule has 0 spiro atoms. The number of imide groups is 1. The van der Waals surface area contributed by atoms with Gasteiger partial charge in [0.1, 0.15) is 17.3 Å². The average molecular weight is 392 g/mol. The molecule has 7 nitrogen and oxygen atoms in total. The van der Waals surface area contributed by atoms with Crippen molar-refractivity contribution in [3.63, 3.8) is 0 Å². The molecule has 9 heteroatoms. The van der Waals surface area contributed by atoms with Crippen LogP contribution in [0.25, 0.3) is 0 Å². The summed E-state index contributed by atoms with van der Waals surface area (Å²) in [7, 11) is 0. The van der Waals surface area contributed by atoms with Gasteiger partial charge in [0.25, 0.3) is 5.91 Å². The summed E-state index contributed by atoms with van der Waals surface area (Å²) in [6.07, 6.45) is 4.46. The third kappa shape index (κ3) is 4.08. The number of carbonyl (C=O) groups excluding carboxylic acids is 4. The maximum Gasteiger partial charge on any atom is 0.308 e. The van der Waals surface area contributed by atoms with Crippen LogP contribution in [0.1, 0.15) is 19.3 Å². The molecule has 1 heterocycles. The fraction of sp³-hybridized carbons (Fsp3) is 0.368. The zero-order valence-corrected chi connectivity index (χ0v) is 14.8. The number of allylic oxidation sites excluding steroid dienone is 2. The number of nitrogens with one attached hydrogen (secondary N) is 1. The number of ether oxygens (including phenoxy) is 1. The molecule has 0 unspecified atom stereocenters. The summed E-state index contributed by atoms with van der Waals surface area (Å²) in [5.41, 5.74) is -0.631. The van der Waals surface area contributed by atoms with Crippen molar-refractivity contribution in [1.82, 2.24) is 4.90 Å². The van der Waals surface area contributed by atoms with Gasteiger partial charge < -0.3 is 10.1 Å². The minimum Gasteiger partial charge on any atom is -0.456 e. The van der Waals surface area contributed by atoms with Gasteiger partial charge in [-0.2, -0.15) is 0 Å². The van der Waals surface area contributed by atoms with Crippen molar-refractivity contribution in [2.75, 3.05) is 18.5 Å².